The highest BCUT2D eigenvalue weighted by Gasteiger charge is 2.32. The van der Waals surface area contributed by atoms with Crippen LogP contribution in [0.2, 0.25) is 0 Å². The first-order valence-corrected chi connectivity index (χ1v) is 14.9. The SMILES string of the molecule is CC.CCCN(CCCl)c1ccc(C(=O)OCC2=C(C)C(=O)C(C)=C(N(C)C)C2=O)cc1NCOCc1ccccc1. The topological polar surface area (TPSA) is 88.2 Å². The Morgan fingerprint density at radius 3 is 2.24 bits per heavy atom. The number of alkyl halides is 1. The summed E-state index contributed by atoms with van der Waals surface area (Å²) in [4.78, 5) is 42.7. The fourth-order valence-electron chi connectivity index (χ4n) is 4.62. The second-order valence-electron chi connectivity index (χ2n) is 9.77. The summed E-state index contributed by atoms with van der Waals surface area (Å²) >= 11 is 6.08. The minimum absolute atomic E-state index is 0.188. The molecular formula is C33H44ClN3O5. The van der Waals surface area contributed by atoms with Crippen LogP contribution in [0.3, 0.4) is 0 Å². The van der Waals surface area contributed by atoms with Gasteiger partial charge in [-0.15, -0.1) is 11.6 Å². The molecule has 2 aromatic rings. The molecule has 0 amide bonds. The van der Waals surface area contributed by atoms with Gasteiger partial charge in [-0.25, -0.2) is 4.79 Å². The molecule has 0 saturated heterocycles. The number of nitrogens with one attached hydrogen (secondary N) is 1. The standard InChI is InChI=1S/C31H38ClN3O5.C2H6/c1-6-15-35(16-14-32)27-13-12-24(17-26(27)33-20-39-18-23-10-8-7-9-11-23)31(38)40-19-25-21(2)29(36)22(3)28(30(25)37)34(4)5;1-2/h7-13,17,33H,6,14-16,18-20H2,1-5H3;1-2H3. The average molecular weight is 598 g/mol. The number of ketones is 2. The third-order valence-electron chi connectivity index (χ3n) is 6.67. The molecule has 0 saturated carbocycles. The molecule has 2 aromatic carbocycles. The Kier molecular flexibility index (Phi) is 14.3. The molecule has 42 heavy (non-hydrogen) atoms. The van der Waals surface area contributed by atoms with Crippen LogP contribution in [0.25, 0.3) is 0 Å². The van der Waals surface area contributed by atoms with Gasteiger partial charge in [0.25, 0.3) is 0 Å². The molecule has 1 aliphatic rings. The lowest BCUT2D eigenvalue weighted by Crippen LogP contribution is -2.31. The molecule has 1 N–H and O–H groups in total. The Morgan fingerprint density at radius 2 is 1.62 bits per heavy atom. The molecule has 0 heterocycles. The molecule has 0 atom stereocenters. The van der Waals surface area contributed by atoms with Gasteiger partial charge in [-0.05, 0) is 44.0 Å². The van der Waals surface area contributed by atoms with Crippen molar-refractivity contribution >= 4 is 40.5 Å². The molecule has 3 rings (SSSR count). The van der Waals surface area contributed by atoms with Crippen LogP contribution >= 0.6 is 11.6 Å². The van der Waals surface area contributed by atoms with Gasteiger partial charge in [0.15, 0.2) is 5.78 Å². The number of likely N-dealkylation sites (N-methyl/N-ethyl adjacent to an activating group) is 1. The number of hydrogen-bond donors (Lipinski definition) is 1. The molecule has 0 aliphatic heterocycles. The summed E-state index contributed by atoms with van der Waals surface area (Å²) in [6.07, 6.45) is 0.925. The van der Waals surface area contributed by atoms with E-state index in [0.29, 0.717) is 47.1 Å². The van der Waals surface area contributed by atoms with E-state index in [9.17, 15) is 14.4 Å². The number of carbonyl (C=O) groups is 3. The zero-order valence-corrected chi connectivity index (χ0v) is 26.6. The van der Waals surface area contributed by atoms with Crippen LogP contribution in [-0.2, 0) is 25.7 Å². The number of anilines is 2. The first-order chi connectivity index (χ1) is 20.2. The van der Waals surface area contributed by atoms with Gasteiger partial charge in [0, 0.05) is 49.8 Å². The minimum atomic E-state index is -0.600. The van der Waals surface area contributed by atoms with Gasteiger partial charge < -0.3 is 24.6 Å². The molecule has 0 bridgehead atoms. The molecule has 0 radical (unpaired) electrons. The van der Waals surface area contributed by atoms with Crippen LogP contribution < -0.4 is 10.2 Å². The molecule has 0 unspecified atom stereocenters. The number of esters is 1. The Morgan fingerprint density at radius 1 is 0.929 bits per heavy atom. The Balaban J connectivity index is 0.00000301. The maximum atomic E-state index is 13.1. The van der Waals surface area contributed by atoms with Crippen molar-refractivity contribution in [2.75, 3.05) is 56.6 Å². The van der Waals surface area contributed by atoms with Crippen LogP contribution in [0.5, 0.6) is 0 Å². The number of allylic oxidation sites excluding steroid dienone is 3. The summed E-state index contributed by atoms with van der Waals surface area (Å²) in [5.74, 6) is -0.678. The van der Waals surface area contributed by atoms with Gasteiger partial charge in [-0.2, -0.15) is 0 Å². The Bertz CT molecular complexity index is 1280. The highest BCUT2D eigenvalue weighted by atomic mass is 35.5. The highest BCUT2D eigenvalue weighted by molar-refractivity contribution is 6.24. The van der Waals surface area contributed by atoms with Crippen molar-refractivity contribution in [3.8, 4) is 0 Å². The van der Waals surface area contributed by atoms with Crippen LogP contribution in [0.15, 0.2) is 70.9 Å². The lowest BCUT2D eigenvalue weighted by atomic mass is 9.88. The van der Waals surface area contributed by atoms with Crippen LogP contribution in [0.4, 0.5) is 11.4 Å². The van der Waals surface area contributed by atoms with Crippen molar-refractivity contribution in [2.24, 2.45) is 0 Å². The van der Waals surface area contributed by atoms with Gasteiger partial charge >= 0.3 is 5.97 Å². The van der Waals surface area contributed by atoms with Gasteiger partial charge in [-0.3, -0.25) is 9.59 Å². The maximum Gasteiger partial charge on any atom is 0.338 e. The van der Waals surface area contributed by atoms with Gasteiger partial charge in [0.05, 0.1) is 29.2 Å². The van der Waals surface area contributed by atoms with E-state index < -0.39 is 5.97 Å². The summed E-state index contributed by atoms with van der Waals surface area (Å²) in [7, 11) is 3.42. The highest BCUT2D eigenvalue weighted by Crippen LogP contribution is 2.29. The monoisotopic (exact) mass is 597 g/mol. The van der Waals surface area contributed by atoms with Crippen molar-refractivity contribution in [1.82, 2.24) is 4.90 Å². The Labute approximate surface area is 255 Å². The number of hydrogen-bond acceptors (Lipinski definition) is 8. The molecule has 0 spiro atoms. The summed E-state index contributed by atoms with van der Waals surface area (Å²) < 4.78 is 11.4. The van der Waals surface area contributed by atoms with Crippen LogP contribution in [0.1, 0.15) is 57.0 Å². The maximum absolute atomic E-state index is 13.1. The first-order valence-electron chi connectivity index (χ1n) is 14.3. The smallest absolute Gasteiger partial charge is 0.338 e. The van der Waals surface area contributed by atoms with Gasteiger partial charge in [0.1, 0.15) is 13.3 Å². The fourth-order valence-corrected chi connectivity index (χ4v) is 4.82. The molecule has 1 aliphatic carbocycles. The number of ether oxygens (including phenoxy) is 2. The van der Waals surface area contributed by atoms with E-state index in [1.807, 2.05) is 50.2 Å². The number of benzene rings is 2. The quantitative estimate of drug-likeness (QED) is 0.0903. The lowest BCUT2D eigenvalue weighted by Gasteiger charge is -2.27. The zero-order chi connectivity index (χ0) is 31.2. The van der Waals surface area contributed by atoms with E-state index >= 15 is 0 Å². The average Bonchev–Trinajstić information content (AvgIpc) is 2.99. The third kappa shape index (κ3) is 8.94. The second-order valence-corrected chi connectivity index (χ2v) is 10.1. The minimum Gasteiger partial charge on any atom is -0.457 e. The number of carbonyl (C=O) groups excluding carboxylic acids is 3. The summed E-state index contributed by atoms with van der Waals surface area (Å²) in [6, 6.07) is 15.1. The van der Waals surface area contributed by atoms with Crippen molar-refractivity contribution < 1.29 is 23.9 Å². The second kappa shape index (κ2) is 17.4. The van der Waals surface area contributed by atoms with E-state index in [-0.39, 0.29) is 30.5 Å². The molecule has 228 valence electrons. The predicted octanol–water partition coefficient (Wildman–Crippen LogP) is 6.21. The van der Waals surface area contributed by atoms with Crippen molar-refractivity contribution in [3.05, 3.63) is 82.1 Å². The van der Waals surface area contributed by atoms with Crippen LogP contribution in [-0.4, -0.2) is 68.8 Å². The summed E-state index contributed by atoms with van der Waals surface area (Å²) in [6.45, 7) is 11.1. The van der Waals surface area contributed by atoms with E-state index in [1.165, 1.54) is 0 Å². The van der Waals surface area contributed by atoms with E-state index in [0.717, 1.165) is 24.2 Å². The third-order valence-corrected chi connectivity index (χ3v) is 6.84. The molecule has 8 nitrogen and oxygen atoms in total. The molecule has 9 heteroatoms. The van der Waals surface area contributed by atoms with Crippen LogP contribution in [0, 0.1) is 0 Å². The van der Waals surface area contributed by atoms with Gasteiger partial charge in [0.2, 0.25) is 5.78 Å². The molecule has 0 aromatic heterocycles. The normalized spacial score (nSPS) is 13.0. The fraction of sp³-hybridized carbons (Fsp3) is 0.424. The predicted molar refractivity (Wildman–Crippen MR) is 170 cm³/mol. The van der Waals surface area contributed by atoms with E-state index in [4.69, 9.17) is 21.1 Å². The van der Waals surface area contributed by atoms with Crippen molar-refractivity contribution in [2.45, 2.75) is 47.6 Å². The van der Waals surface area contributed by atoms with E-state index in [1.54, 1.807) is 45.0 Å². The Hall–Kier alpha value is -3.62. The molecular weight excluding hydrogens is 554 g/mol. The number of Topliss-reactive ketones (excluding diaryl/α,β-unsaturated/α-hetero) is 2. The summed E-state index contributed by atoms with van der Waals surface area (Å²) in [5, 5.41) is 3.29. The number of nitrogens with zero attached hydrogens (tertiary/aromatic N) is 2. The molecule has 0 fully saturated rings. The number of halogens is 1. The van der Waals surface area contributed by atoms with Crippen molar-refractivity contribution in [1.29, 1.82) is 0 Å². The first kappa shape index (κ1) is 34.6. The zero-order valence-electron chi connectivity index (χ0n) is 25.9. The van der Waals surface area contributed by atoms with Gasteiger partial charge in [-0.1, -0.05) is 51.1 Å². The summed E-state index contributed by atoms with van der Waals surface area (Å²) in [5.41, 5.74) is 4.14. The largest absolute Gasteiger partial charge is 0.457 e. The van der Waals surface area contributed by atoms with E-state index in [2.05, 4.69) is 17.1 Å². The van der Waals surface area contributed by atoms with Crippen molar-refractivity contribution in [3.63, 3.8) is 0 Å². The lowest BCUT2D eigenvalue weighted by molar-refractivity contribution is -0.117. The number of rotatable bonds is 14.